The topological polar surface area (TPSA) is 65.2 Å². The van der Waals surface area contributed by atoms with E-state index in [1.165, 1.54) is 6.07 Å². The number of rotatable bonds is 5. The van der Waals surface area contributed by atoms with E-state index >= 15 is 0 Å². The number of alkyl halides is 3. The number of carbonyl (C=O) groups is 1. The van der Waals surface area contributed by atoms with Gasteiger partial charge in [0, 0.05) is 0 Å². The molecule has 0 fully saturated rings. The fraction of sp³-hybridized carbons (Fsp3) is 0.455. The van der Waals surface area contributed by atoms with Crippen molar-refractivity contribution in [1.29, 1.82) is 0 Å². The Morgan fingerprint density at radius 3 is 2.78 bits per heavy atom. The molecule has 0 atom stereocenters. The van der Waals surface area contributed by atoms with E-state index in [-0.39, 0.29) is 35.9 Å². The number of nitrogens with zero attached hydrogens (tertiary/aromatic N) is 1. The second kappa shape index (κ2) is 6.49. The Hall–Kier alpha value is -1.43. The zero-order valence-corrected chi connectivity index (χ0v) is 10.5. The third-order valence-corrected chi connectivity index (χ3v) is 2.48. The van der Waals surface area contributed by atoms with Crippen LogP contribution in [0.4, 0.5) is 14.5 Å². The number of nitrogen functional groups attached to an aromatic ring is 1. The number of anilines is 1. The summed E-state index contributed by atoms with van der Waals surface area (Å²) in [6.07, 6.45) is -2.99. The molecule has 0 saturated carbocycles. The molecular formula is C11H13ClF2N2O2. The van der Waals surface area contributed by atoms with Gasteiger partial charge in [-0.2, -0.15) is 0 Å². The van der Waals surface area contributed by atoms with Gasteiger partial charge < -0.3 is 10.5 Å². The van der Waals surface area contributed by atoms with Crippen LogP contribution in [0, 0.1) is 0 Å². The first kappa shape index (κ1) is 14.6. The fourth-order valence-corrected chi connectivity index (χ4v) is 1.58. The lowest BCUT2D eigenvalue weighted by Crippen LogP contribution is -2.12. The molecular weight excluding hydrogens is 266 g/mol. The van der Waals surface area contributed by atoms with E-state index in [4.69, 9.17) is 22.1 Å². The average Bonchev–Trinajstić information content (AvgIpc) is 2.31. The molecule has 0 unspecified atom stereocenters. The van der Waals surface area contributed by atoms with E-state index in [1.54, 1.807) is 6.92 Å². The van der Waals surface area contributed by atoms with Crippen LogP contribution in [0.5, 0.6) is 0 Å². The minimum absolute atomic E-state index is 0.0319. The smallest absolute Gasteiger partial charge is 0.310 e. The number of pyridine rings is 1. The van der Waals surface area contributed by atoms with Gasteiger partial charge in [0.1, 0.15) is 5.69 Å². The summed E-state index contributed by atoms with van der Waals surface area (Å²) in [6, 6.07) is 1.44. The normalized spacial score (nSPS) is 10.7. The lowest BCUT2D eigenvalue weighted by atomic mass is 10.1. The number of hydrogen-bond donors (Lipinski definition) is 1. The Morgan fingerprint density at radius 2 is 2.28 bits per heavy atom. The summed E-state index contributed by atoms with van der Waals surface area (Å²) in [6.45, 7) is 1.87. The number of esters is 1. The van der Waals surface area contributed by atoms with Gasteiger partial charge in [-0.25, -0.2) is 13.8 Å². The van der Waals surface area contributed by atoms with Crippen molar-refractivity contribution in [2.45, 2.75) is 25.7 Å². The maximum Gasteiger partial charge on any atom is 0.310 e. The van der Waals surface area contributed by atoms with Gasteiger partial charge >= 0.3 is 5.97 Å². The lowest BCUT2D eigenvalue weighted by molar-refractivity contribution is -0.142. The first-order valence-corrected chi connectivity index (χ1v) is 5.80. The molecule has 100 valence electrons. The van der Waals surface area contributed by atoms with Crippen molar-refractivity contribution in [3.05, 3.63) is 23.0 Å². The Labute approximate surface area is 108 Å². The minimum Gasteiger partial charge on any atom is -0.466 e. The Bertz CT molecular complexity index is 441. The van der Waals surface area contributed by atoms with E-state index in [0.717, 1.165) is 0 Å². The molecule has 0 aliphatic carbocycles. The van der Waals surface area contributed by atoms with Crippen LogP contribution in [0.15, 0.2) is 6.07 Å². The van der Waals surface area contributed by atoms with Crippen molar-refractivity contribution < 1.29 is 18.3 Å². The van der Waals surface area contributed by atoms with Crippen molar-refractivity contribution in [2.75, 3.05) is 12.3 Å². The van der Waals surface area contributed by atoms with Crippen LogP contribution in [-0.2, 0) is 21.8 Å². The largest absolute Gasteiger partial charge is 0.466 e. The summed E-state index contributed by atoms with van der Waals surface area (Å²) in [4.78, 5) is 15.0. The van der Waals surface area contributed by atoms with Gasteiger partial charge in [0.2, 0.25) is 0 Å². The number of nitrogens with two attached hydrogens (primary N) is 1. The molecule has 0 saturated heterocycles. The number of halogens is 3. The summed E-state index contributed by atoms with van der Waals surface area (Å²) in [5.74, 6) is -0.563. The third kappa shape index (κ3) is 3.53. The van der Waals surface area contributed by atoms with Crippen LogP contribution in [0.3, 0.4) is 0 Å². The SMILES string of the molecule is CCOC(=O)Cc1cc(CCl)nc(C(F)F)c1N. The predicted octanol–water partition coefficient (Wildman–Crippen LogP) is 2.45. The van der Waals surface area contributed by atoms with Crippen molar-refractivity contribution in [3.63, 3.8) is 0 Å². The van der Waals surface area contributed by atoms with Gasteiger partial charge in [-0.15, -0.1) is 11.6 Å². The minimum atomic E-state index is -2.81. The Kier molecular flexibility index (Phi) is 5.27. The molecule has 0 amide bonds. The maximum absolute atomic E-state index is 12.7. The highest BCUT2D eigenvalue weighted by Crippen LogP contribution is 2.27. The molecule has 0 aliphatic heterocycles. The zero-order chi connectivity index (χ0) is 13.7. The first-order valence-electron chi connectivity index (χ1n) is 5.27. The molecule has 4 nitrogen and oxygen atoms in total. The molecule has 0 aromatic carbocycles. The molecule has 0 aliphatic rings. The Morgan fingerprint density at radius 1 is 1.61 bits per heavy atom. The second-order valence-corrected chi connectivity index (χ2v) is 3.76. The number of ether oxygens (including phenoxy) is 1. The fourth-order valence-electron chi connectivity index (χ4n) is 1.44. The van der Waals surface area contributed by atoms with Gasteiger partial charge in [0.15, 0.2) is 0 Å². The van der Waals surface area contributed by atoms with Gasteiger partial charge in [0.05, 0.1) is 30.3 Å². The van der Waals surface area contributed by atoms with Crippen LogP contribution in [0.1, 0.15) is 30.3 Å². The summed E-state index contributed by atoms with van der Waals surface area (Å²) in [5, 5.41) is 0. The summed E-state index contributed by atoms with van der Waals surface area (Å²) in [7, 11) is 0. The molecule has 2 N–H and O–H groups in total. The lowest BCUT2D eigenvalue weighted by Gasteiger charge is -2.11. The number of hydrogen-bond acceptors (Lipinski definition) is 4. The highest BCUT2D eigenvalue weighted by Gasteiger charge is 2.19. The highest BCUT2D eigenvalue weighted by molar-refractivity contribution is 6.16. The first-order chi connectivity index (χ1) is 8.49. The van der Waals surface area contributed by atoms with Crippen LogP contribution in [0.2, 0.25) is 0 Å². The third-order valence-electron chi connectivity index (χ3n) is 2.21. The molecule has 1 aromatic rings. The van der Waals surface area contributed by atoms with Crippen LogP contribution in [0.25, 0.3) is 0 Å². The quantitative estimate of drug-likeness (QED) is 0.664. The van der Waals surface area contributed by atoms with Gasteiger partial charge in [0.25, 0.3) is 6.43 Å². The van der Waals surface area contributed by atoms with Crippen molar-refractivity contribution in [1.82, 2.24) is 4.98 Å². The van der Waals surface area contributed by atoms with E-state index in [1.807, 2.05) is 0 Å². The summed E-state index contributed by atoms with van der Waals surface area (Å²) < 4.78 is 30.2. The monoisotopic (exact) mass is 278 g/mol. The summed E-state index contributed by atoms with van der Waals surface area (Å²) >= 11 is 5.56. The number of carbonyl (C=O) groups excluding carboxylic acids is 1. The molecule has 1 rings (SSSR count). The molecule has 1 heterocycles. The molecule has 18 heavy (non-hydrogen) atoms. The standard InChI is InChI=1S/C11H13ClF2N2O2/c1-2-18-8(17)4-6-3-7(5-12)16-10(9(6)15)11(13)14/h3,11H,2,4-5,15H2,1H3. The average molecular weight is 279 g/mol. The molecule has 0 bridgehead atoms. The van der Waals surface area contributed by atoms with E-state index < -0.39 is 18.1 Å². The van der Waals surface area contributed by atoms with E-state index in [9.17, 15) is 13.6 Å². The van der Waals surface area contributed by atoms with Crippen molar-refractivity contribution in [3.8, 4) is 0 Å². The van der Waals surface area contributed by atoms with E-state index in [0.29, 0.717) is 0 Å². The van der Waals surface area contributed by atoms with Crippen LogP contribution >= 0.6 is 11.6 Å². The Balaban J connectivity index is 3.09. The molecule has 0 spiro atoms. The summed E-state index contributed by atoms with van der Waals surface area (Å²) in [5.41, 5.74) is 5.33. The van der Waals surface area contributed by atoms with Gasteiger partial charge in [-0.1, -0.05) is 0 Å². The van der Waals surface area contributed by atoms with Crippen molar-refractivity contribution >= 4 is 23.3 Å². The molecule has 0 radical (unpaired) electrons. The van der Waals surface area contributed by atoms with Crippen molar-refractivity contribution in [2.24, 2.45) is 0 Å². The van der Waals surface area contributed by atoms with Crippen LogP contribution in [-0.4, -0.2) is 17.6 Å². The molecule has 7 heteroatoms. The number of aromatic nitrogens is 1. The van der Waals surface area contributed by atoms with E-state index in [2.05, 4.69) is 4.98 Å². The molecule has 1 aromatic heterocycles. The maximum atomic E-state index is 12.7. The predicted molar refractivity (Wildman–Crippen MR) is 63.5 cm³/mol. The zero-order valence-electron chi connectivity index (χ0n) is 9.75. The second-order valence-electron chi connectivity index (χ2n) is 3.49. The van der Waals surface area contributed by atoms with Gasteiger partial charge in [-0.3, -0.25) is 4.79 Å². The highest BCUT2D eigenvalue weighted by atomic mass is 35.5. The van der Waals surface area contributed by atoms with Crippen LogP contribution < -0.4 is 5.73 Å². The van der Waals surface area contributed by atoms with Gasteiger partial charge in [-0.05, 0) is 18.6 Å².